The Morgan fingerprint density at radius 2 is 2.13 bits per heavy atom. The summed E-state index contributed by atoms with van der Waals surface area (Å²) in [5.41, 5.74) is 1.73. The second-order valence-corrected chi connectivity index (χ2v) is 3.49. The van der Waals surface area contributed by atoms with Crippen LogP contribution in [0.25, 0.3) is 11.1 Å². The number of hydrogen-bond acceptors (Lipinski definition) is 1. The van der Waals surface area contributed by atoms with E-state index in [1.54, 1.807) is 26.1 Å². The fourth-order valence-electron chi connectivity index (χ4n) is 1.67. The molecule has 3 nitrogen and oxygen atoms in total. The molecule has 0 aliphatic rings. The van der Waals surface area contributed by atoms with Gasteiger partial charge in [0.05, 0.1) is 5.56 Å². The molecule has 15 heavy (non-hydrogen) atoms. The molecule has 78 valence electrons. The highest BCUT2D eigenvalue weighted by molar-refractivity contribution is 5.64. The quantitative estimate of drug-likeness (QED) is 0.759. The molecule has 0 aliphatic heterocycles. The van der Waals surface area contributed by atoms with Crippen LogP contribution >= 0.6 is 0 Å². The Morgan fingerprint density at radius 3 is 2.67 bits per heavy atom. The van der Waals surface area contributed by atoms with Crippen LogP contribution in [0, 0.1) is 12.7 Å². The average Bonchev–Trinajstić information content (AvgIpc) is 2.41. The highest BCUT2D eigenvalue weighted by Crippen LogP contribution is 2.18. The van der Waals surface area contributed by atoms with E-state index in [4.69, 9.17) is 0 Å². The normalized spacial score (nSPS) is 10.6. The second kappa shape index (κ2) is 3.38. The van der Waals surface area contributed by atoms with E-state index in [9.17, 15) is 9.18 Å². The second-order valence-electron chi connectivity index (χ2n) is 3.49. The molecule has 2 aromatic rings. The van der Waals surface area contributed by atoms with Crippen LogP contribution in [-0.2, 0) is 7.05 Å². The molecule has 0 atom stereocenters. The summed E-state index contributed by atoms with van der Waals surface area (Å²) in [6, 6.07) is 6.03. The van der Waals surface area contributed by atoms with Crippen LogP contribution in [0.2, 0.25) is 0 Å². The topological polar surface area (TPSA) is 37.8 Å². The fourth-order valence-corrected chi connectivity index (χ4v) is 1.67. The first-order chi connectivity index (χ1) is 7.09. The molecular weight excluding hydrogens is 195 g/mol. The molecule has 1 aromatic carbocycles. The summed E-state index contributed by atoms with van der Waals surface area (Å²) in [6.07, 6.45) is 0. The minimum Gasteiger partial charge on any atom is -0.300 e. The molecule has 0 unspecified atom stereocenters. The van der Waals surface area contributed by atoms with Gasteiger partial charge in [-0.3, -0.25) is 14.6 Å². The molecule has 2 rings (SSSR count). The van der Waals surface area contributed by atoms with Crippen molar-refractivity contribution in [2.24, 2.45) is 7.05 Å². The predicted molar refractivity (Wildman–Crippen MR) is 56.2 cm³/mol. The van der Waals surface area contributed by atoms with E-state index in [1.165, 1.54) is 16.8 Å². The molecule has 1 N–H and O–H groups in total. The number of aromatic nitrogens is 2. The SMILES string of the molecule is Cc1[nH]n(C)c(=O)c1-c1cccc(F)c1. The van der Waals surface area contributed by atoms with Crippen LogP contribution in [0.1, 0.15) is 5.69 Å². The number of hydrogen-bond donors (Lipinski definition) is 1. The lowest BCUT2D eigenvalue weighted by Crippen LogP contribution is -2.13. The van der Waals surface area contributed by atoms with Crippen molar-refractivity contribution in [1.82, 2.24) is 9.78 Å². The maximum atomic E-state index is 13.0. The number of H-pyrrole nitrogens is 1. The Kier molecular flexibility index (Phi) is 2.19. The highest BCUT2D eigenvalue weighted by atomic mass is 19.1. The lowest BCUT2D eigenvalue weighted by Gasteiger charge is -1.97. The van der Waals surface area contributed by atoms with E-state index in [2.05, 4.69) is 5.10 Å². The van der Waals surface area contributed by atoms with Crippen molar-refractivity contribution in [1.29, 1.82) is 0 Å². The molecule has 1 heterocycles. The summed E-state index contributed by atoms with van der Waals surface area (Å²) in [5, 5.41) is 2.88. The smallest absolute Gasteiger partial charge is 0.274 e. The van der Waals surface area contributed by atoms with Crippen molar-refractivity contribution in [3.63, 3.8) is 0 Å². The molecule has 0 bridgehead atoms. The summed E-state index contributed by atoms with van der Waals surface area (Å²) in [4.78, 5) is 11.7. The van der Waals surface area contributed by atoms with Gasteiger partial charge in [-0.1, -0.05) is 12.1 Å². The minimum atomic E-state index is -0.338. The first-order valence-corrected chi connectivity index (χ1v) is 4.61. The standard InChI is InChI=1S/C11H11FN2O/c1-7-10(11(15)14(2)13-7)8-4-3-5-9(12)6-8/h3-6,13H,1-2H3. The first-order valence-electron chi connectivity index (χ1n) is 4.61. The Hall–Kier alpha value is -1.84. The fraction of sp³-hybridized carbons (Fsp3) is 0.182. The van der Waals surface area contributed by atoms with E-state index in [0.717, 1.165) is 5.69 Å². The van der Waals surface area contributed by atoms with Gasteiger partial charge in [-0.25, -0.2) is 4.39 Å². The van der Waals surface area contributed by atoms with E-state index in [1.807, 2.05) is 0 Å². The Balaban J connectivity index is 2.69. The molecule has 1 aromatic heterocycles. The van der Waals surface area contributed by atoms with Gasteiger partial charge >= 0.3 is 0 Å². The molecule has 4 heteroatoms. The zero-order chi connectivity index (χ0) is 11.0. The largest absolute Gasteiger partial charge is 0.300 e. The van der Waals surface area contributed by atoms with Gasteiger partial charge in [0.15, 0.2) is 0 Å². The third-order valence-electron chi connectivity index (χ3n) is 2.34. The van der Waals surface area contributed by atoms with Gasteiger partial charge in [-0.15, -0.1) is 0 Å². The summed E-state index contributed by atoms with van der Waals surface area (Å²) in [6.45, 7) is 1.79. The van der Waals surface area contributed by atoms with Crippen LogP contribution in [0.5, 0.6) is 0 Å². The van der Waals surface area contributed by atoms with Crippen molar-refractivity contribution in [2.75, 3.05) is 0 Å². The van der Waals surface area contributed by atoms with Crippen molar-refractivity contribution < 1.29 is 4.39 Å². The number of nitrogens with one attached hydrogen (secondary N) is 1. The predicted octanol–water partition coefficient (Wildman–Crippen LogP) is 1.83. The van der Waals surface area contributed by atoms with Gasteiger partial charge < -0.3 is 0 Å². The van der Waals surface area contributed by atoms with E-state index in [0.29, 0.717) is 11.1 Å². The van der Waals surface area contributed by atoms with Gasteiger partial charge in [0, 0.05) is 12.7 Å². The van der Waals surface area contributed by atoms with Gasteiger partial charge in [0.2, 0.25) is 0 Å². The maximum absolute atomic E-state index is 13.0. The highest BCUT2D eigenvalue weighted by Gasteiger charge is 2.11. The molecule has 0 fully saturated rings. The summed E-state index contributed by atoms with van der Waals surface area (Å²) in [5.74, 6) is -0.338. The zero-order valence-electron chi connectivity index (χ0n) is 8.54. The lowest BCUT2D eigenvalue weighted by atomic mass is 10.1. The van der Waals surface area contributed by atoms with E-state index >= 15 is 0 Å². The number of benzene rings is 1. The summed E-state index contributed by atoms with van der Waals surface area (Å²) < 4.78 is 14.4. The van der Waals surface area contributed by atoms with Gasteiger partial charge in [0.25, 0.3) is 5.56 Å². The number of aromatic amines is 1. The van der Waals surface area contributed by atoms with Crippen LogP contribution < -0.4 is 5.56 Å². The van der Waals surface area contributed by atoms with Crippen LogP contribution in [-0.4, -0.2) is 9.78 Å². The molecule has 0 spiro atoms. The van der Waals surface area contributed by atoms with Gasteiger partial charge in [-0.2, -0.15) is 0 Å². The Labute approximate surface area is 86.2 Å². The molecule has 0 saturated carbocycles. The Morgan fingerprint density at radius 1 is 1.40 bits per heavy atom. The van der Waals surface area contributed by atoms with Crippen molar-refractivity contribution >= 4 is 0 Å². The number of aryl methyl sites for hydroxylation is 2. The molecule has 0 saturated heterocycles. The van der Waals surface area contributed by atoms with Crippen LogP contribution in [0.3, 0.4) is 0 Å². The monoisotopic (exact) mass is 206 g/mol. The van der Waals surface area contributed by atoms with E-state index in [-0.39, 0.29) is 11.4 Å². The number of rotatable bonds is 1. The summed E-state index contributed by atoms with van der Waals surface area (Å²) >= 11 is 0. The number of halogens is 1. The molecule has 0 radical (unpaired) electrons. The third kappa shape index (κ3) is 1.58. The maximum Gasteiger partial charge on any atom is 0.274 e. The van der Waals surface area contributed by atoms with Crippen molar-refractivity contribution in [2.45, 2.75) is 6.92 Å². The minimum absolute atomic E-state index is 0.141. The van der Waals surface area contributed by atoms with Crippen LogP contribution in [0.4, 0.5) is 4.39 Å². The van der Waals surface area contributed by atoms with Gasteiger partial charge in [0.1, 0.15) is 5.82 Å². The van der Waals surface area contributed by atoms with Crippen molar-refractivity contribution in [3.8, 4) is 11.1 Å². The molecular formula is C11H11FN2O. The van der Waals surface area contributed by atoms with E-state index < -0.39 is 0 Å². The first kappa shape index (κ1) is 9.71. The van der Waals surface area contributed by atoms with Gasteiger partial charge in [-0.05, 0) is 24.6 Å². The van der Waals surface area contributed by atoms with Crippen LogP contribution in [0.15, 0.2) is 29.1 Å². The average molecular weight is 206 g/mol. The Bertz CT molecular complexity index is 554. The zero-order valence-corrected chi connectivity index (χ0v) is 8.54. The lowest BCUT2D eigenvalue weighted by molar-refractivity contribution is 0.628. The van der Waals surface area contributed by atoms with Crippen molar-refractivity contribution in [3.05, 3.63) is 46.1 Å². The number of nitrogens with zero attached hydrogens (tertiary/aromatic N) is 1. The summed E-state index contributed by atoms with van der Waals surface area (Å²) in [7, 11) is 1.64. The third-order valence-corrected chi connectivity index (χ3v) is 2.34. The molecule has 0 amide bonds. The molecule has 0 aliphatic carbocycles.